The summed E-state index contributed by atoms with van der Waals surface area (Å²) in [7, 11) is 4.32. The first-order valence-corrected chi connectivity index (χ1v) is 8.06. The van der Waals surface area contributed by atoms with E-state index < -0.39 is 5.97 Å². The lowest BCUT2D eigenvalue weighted by Gasteiger charge is -2.15. The van der Waals surface area contributed by atoms with Crippen molar-refractivity contribution >= 4 is 27.7 Å². The van der Waals surface area contributed by atoms with E-state index in [1.807, 2.05) is 0 Å². The van der Waals surface area contributed by atoms with Crippen LogP contribution in [0.25, 0.3) is 0 Å². The Morgan fingerprint density at radius 1 is 0.960 bits per heavy atom. The molecule has 132 valence electrons. The van der Waals surface area contributed by atoms with E-state index >= 15 is 0 Å². The molecule has 0 atom stereocenters. The van der Waals surface area contributed by atoms with Crippen LogP contribution >= 0.6 is 15.9 Å². The number of rotatable bonds is 7. The highest BCUT2D eigenvalue weighted by Crippen LogP contribution is 2.39. The summed E-state index contributed by atoms with van der Waals surface area (Å²) in [6.07, 6.45) is 0. The van der Waals surface area contributed by atoms with Gasteiger partial charge in [0.2, 0.25) is 5.75 Å². The average molecular weight is 409 g/mol. The van der Waals surface area contributed by atoms with Crippen molar-refractivity contribution < 1.29 is 28.5 Å². The minimum absolute atomic E-state index is 0.141. The lowest BCUT2D eigenvalue weighted by molar-refractivity contribution is 0.0471. The molecule has 0 aliphatic heterocycles. The zero-order chi connectivity index (χ0) is 18.4. The Morgan fingerprint density at radius 2 is 1.68 bits per heavy atom. The highest BCUT2D eigenvalue weighted by molar-refractivity contribution is 9.10. The fraction of sp³-hybridized carbons (Fsp3) is 0.222. The van der Waals surface area contributed by atoms with Crippen LogP contribution in [0.1, 0.15) is 20.7 Å². The van der Waals surface area contributed by atoms with E-state index in [1.165, 1.54) is 27.4 Å². The predicted molar refractivity (Wildman–Crippen MR) is 94.9 cm³/mol. The third kappa shape index (κ3) is 4.30. The summed E-state index contributed by atoms with van der Waals surface area (Å²) >= 11 is 3.29. The van der Waals surface area contributed by atoms with Crippen LogP contribution in [0.5, 0.6) is 17.2 Å². The van der Waals surface area contributed by atoms with Gasteiger partial charge >= 0.3 is 5.97 Å². The van der Waals surface area contributed by atoms with Crippen LogP contribution in [0.15, 0.2) is 40.9 Å². The molecule has 0 saturated heterocycles. The molecule has 2 aromatic carbocycles. The van der Waals surface area contributed by atoms with Crippen LogP contribution in [0, 0.1) is 0 Å². The Bertz CT molecular complexity index is 787. The molecule has 0 aliphatic rings. The van der Waals surface area contributed by atoms with E-state index in [1.54, 1.807) is 30.3 Å². The SMILES string of the molecule is COc1ccc(C(=O)OCC(=O)c2cccc(Br)c2)c(OC)c1OC. The van der Waals surface area contributed by atoms with Crippen molar-refractivity contribution in [3.05, 3.63) is 52.0 Å². The molecule has 6 nitrogen and oxygen atoms in total. The van der Waals surface area contributed by atoms with Gasteiger partial charge in [-0.1, -0.05) is 28.1 Å². The molecule has 25 heavy (non-hydrogen) atoms. The molecular formula is C18H17BrO6. The molecule has 0 radical (unpaired) electrons. The van der Waals surface area contributed by atoms with Crippen LogP contribution in [-0.2, 0) is 4.74 Å². The van der Waals surface area contributed by atoms with Crippen molar-refractivity contribution in [2.45, 2.75) is 0 Å². The molecule has 7 heteroatoms. The second-order valence-electron chi connectivity index (χ2n) is 4.89. The molecule has 0 bridgehead atoms. The number of hydrogen-bond donors (Lipinski definition) is 0. The summed E-state index contributed by atoms with van der Waals surface area (Å²) in [6, 6.07) is 9.90. The Morgan fingerprint density at radius 3 is 2.28 bits per heavy atom. The summed E-state index contributed by atoms with van der Waals surface area (Å²) in [5, 5.41) is 0. The maximum absolute atomic E-state index is 12.3. The van der Waals surface area contributed by atoms with Crippen molar-refractivity contribution in [1.82, 2.24) is 0 Å². The first-order chi connectivity index (χ1) is 12.0. The molecule has 0 aromatic heterocycles. The van der Waals surface area contributed by atoms with E-state index in [0.29, 0.717) is 11.3 Å². The minimum atomic E-state index is -0.693. The second-order valence-corrected chi connectivity index (χ2v) is 5.81. The zero-order valence-electron chi connectivity index (χ0n) is 14.0. The zero-order valence-corrected chi connectivity index (χ0v) is 15.6. The third-order valence-corrected chi connectivity index (χ3v) is 3.90. The second kappa shape index (κ2) is 8.53. The molecule has 0 fully saturated rings. The monoisotopic (exact) mass is 408 g/mol. The van der Waals surface area contributed by atoms with Gasteiger partial charge in [0.25, 0.3) is 0 Å². The lowest BCUT2D eigenvalue weighted by atomic mass is 10.1. The average Bonchev–Trinajstić information content (AvgIpc) is 2.64. The molecule has 0 unspecified atom stereocenters. The van der Waals surface area contributed by atoms with Gasteiger partial charge in [-0.15, -0.1) is 0 Å². The first kappa shape index (κ1) is 18.8. The summed E-state index contributed by atoms with van der Waals surface area (Å²) in [6.45, 7) is -0.382. The van der Waals surface area contributed by atoms with Crippen molar-refractivity contribution in [2.75, 3.05) is 27.9 Å². The number of ketones is 1. The molecule has 0 aliphatic carbocycles. The number of ether oxygens (including phenoxy) is 4. The topological polar surface area (TPSA) is 71.1 Å². The van der Waals surface area contributed by atoms with Gasteiger partial charge in [-0.3, -0.25) is 4.79 Å². The molecule has 0 amide bonds. The Labute approximate surface area is 153 Å². The van der Waals surface area contributed by atoms with Gasteiger partial charge in [0, 0.05) is 10.0 Å². The van der Waals surface area contributed by atoms with Gasteiger partial charge in [0.05, 0.1) is 21.3 Å². The fourth-order valence-corrected chi connectivity index (χ4v) is 2.62. The van der Waals surface area contributed by atoms with E-state index in [9.17, 15) is 9.59 Å². The smallest absolute Gasteiger partial charge is 0.342 e. The van der Waals surface area contributed by atoms with E-state index in [4.69, 9.17) is 18.9 Å². The van der Waals surface area contributed by atoms with Gasteiger partial charge in [-0.25, -0.2) is 4.79 Å². The molecule has 0 spiro atoms. The number of hydrogen-bond acceptors (Lipinski definition) is 6. The van der Waals surface area contributed by atoms with Gasteiger partial charge < -0.3 is 18.9 Å². The molecule has 0 saturated carbocycles. The fourth-order valence-electron chi connectivity index (χ4n) is 2.22. The Balaban J connectivity index is 2.17. The number of benzene rings is 2. The quantitative estimate of drug-likeness (QED) is 0.515. The summed E-state index contributed by atoms with van der Waals surface area (Å²) in [4.78, 5) is 24.5. The number of methoxy groups -OCH3 is 3. The van der Waals surface area contributed by atoms with Gasteiger partial charge in [-0.05, 0) is 24.3 Å². The minimum Gasteiger partial charge on any atom is -0.493 e. The third-order valence-electron chi connectivity index (χ3n) is 3.41. The van der Waals surface area contributed by atoms with Gasteiger partial charge in [0.1, 0.15) is 5.56 Å². The Hall–Kier alpha value is -2.54. The normalized spacial score (nSPS) is 10.1. The first-order valence-electron chi connectivity index (χ1n) is 7.26. The van der Waals surface area contributed by atoms with E-state index in [0.717, 1.165) is 4.47 Å². The largest absolute Gasteiger partial charge is 0.493 e. The lowest BCUT2D eigenvalue weighted by Crippen LogP contribution is -2.15. The Kier molecular flexibility index (Phi) is 6.41. The van der Waals surface area contributed by atoms with Crippen molar-refractivity contribution in [3.8, 4) is 17.2 Å². The van der Waals surface area contributed by atoms with Crippen LogP contribution < -0.4 is 14.2 Å². The number of halogens is 1. The molecule has 0 N–H and O–H groups in total. The molecule has 0 heterocycles. The van der Waals surface area contributed by atoms with Crippen LogP contribution in [0.2, 0.25) is 0 Å². The number of carbonyl (C=O) groups excluding carboxylic acids is 2. The standard InChI is InChI=1S/C18H17BrO6/c1-22-15-8-7-13(16(23-2)17(15)24-3)18(21)25-10-14(20)11-5-4-6-12(19)9-11/h4-9H,10H2,1-3H3. The van der Waals surface area contributed by atoms with Crippen LogP contribution in [0.3, 0.4) is 0 Å². The van der Waals surface area contributed by atoms with E-state index in [-0.39, 0.29) is 29.5 Å². The van der Waals surface area contributed by atoms with Gasteiger partial charge in [-0.2, -0.15) is 0 Å². The molecule has 2 rings (SSSR count). The summed E-state index contributed by atoms with van der Waals surface area (Å²) in [5.74, 6) is -0.129. The predicted octanol–water partition coefficient (Wildman–Crippen LogP) is 3.51. The summed E-state index contributed by atoms with van der Waals surface area (Å²) in [5.41, 5.74) is 0.587. The van der Waals surface area contributed by atoms with Crippen molar-refractivity contribution in [2.24, 2.45) is 0 Å². The maximum Gasteiger partial charge on any atom is 0.342 e. The highest BCUT2D eigenvalue weighted by Gasteiger charge is 2.22. The van der Waals surface area contributed by atoms with Crippen molar-refractivity contribution in [3.63, 3.8) is 0 Å². The van der Waals surface area contributed by atoms with Crippen LogP contribution in [0.4, 0.5) is 0 Å². The van der Waals surface area contributed by atoms with E-state index in [2.05, 4.69) is 15.9 Å². The van der Waals surface area contributed by atoms with Gasteiger partial charge in [0.15, 0.2) is 23.9 Å². The molecular weight excluding hydrogens is 392 g/mol. The summed E-state index contributed by atoms with van der Waals surface area (Å²) < 4.78 is 21.5. The number of carbonyl (C=O) groups is 2. The van der Waals surface area contributed by atoms with Crippen molar-refractivity contribution in [1.29, 1.82) is 0 Å². The maximum atomic E-state index is 12.3. The molecule has 2 aromatic rings. The van der Waals surface area contributed by atoms with Crippen LogP contribution in [-0.4, -0.2) is 39.7 Å². The highest BCUT2D eigenvalue weighted by atomic mass is 79.9. The number of esters is 1. The number of Topliss-reactive ketones (excluding diaryl/α,β-unsaturated/α-hetero) is 1.